The van der Waals surface area contributed by atoms with Crippen LogP contribution >= 0.6 is 11.6 Å². The van der Waals surface area contributed by atoms with Gasteiger partial charge in [0.25, 0.3) is 0 Å². The van der Waals surface area contributed by atoms with Crippen LogP contribution in [-0.4, -0.2) is 13.1 Å². The molecule has 2 aromatic carbocycles. The van der Waals surface area contributed by atoms with Crippen molar-refractivity contribution in [3.05, 3.63) is 64.7 Å². The second-order valence-electron chi connectivity index (χ2n) is 4.22. The lowest BCUT2D eigenvalue weighted by atomic mass is 10.1. The highest BCUT2D eigenvalue weighted by molar-refractivity contribution is 6.30. The fourth-order valence-corrected chi connectivity index (χ4v) is 2.04. The molecule has 0 fully saturated rings. The minimum Gasteiger partial charge on any atom is -0.467 e. The van der Waals surface area contributed by atoms with E-state index in [1.54, 1.807) is 6.07 Å². The van der Waals surface area contributed by atoms with Crippen LogP contribution in [0.5, 0.6) is 0 Å². The topological polar surface area (TPSA) is 38.3 Å². The molecule has 0 aromatic heterocycles. The number of methoxy groups -OCH3 is 1. The lowest BCUT2D eigenvalue weighted by Gasteiger charge is -2.19. The third kappa shape index (κ3) is 3.31. The molecule has 0 heterocycles. The fraction of sp³-hybridized carbons (Fsp3) is 0.133. The number of esters is 1. The summed E-state index contributed by atoms with van der Waals surface area (Å²) in [7, 11) is 1.17. The number of para-hydroxylation sites is 1. The molecule has 0 aliphatic heterocycles. The van der Waals surface area contributed by atoms with Crippen LogP contribution in [0.15, 0.2) is 42.5 Å². The van der Waals surface area contributed by atoms with E-state index in [-0.39, 0.29) is 16.3 Å². The Morgan fingerprint density at radius 2 is 1.90 bits per heavy atom. The standard InChI is InChI=1S/C15H12ClF2NO2/c1-21-15(20)14(9-5-4-6-10(16)13(9)18)19-12-8-3-2-7-11(12)17/h2-8,14,19H,1H3. The van der Waals surface area contributed by atoms with Gasteiger partial charge in [-0.15, -0.1) is 0 Å². The highest BCUT2D eigenvalue weighted by atomic mass is 35.5. The van der Waals surface area contributed by atoms with Crippen LogP contribution in [0.4, 0.5) is 14.5 Å². The molecule has 0 spiro atoms. The first kappa shape index (κ1) is 15.3. The second-order valence-corrected chi connectivity index (χ2v) is 4.63. The van der Waals surface area contributed by atoms with Crippen molar-refractivity contribution >= 4 is 23.3 Å². The molecular formula is C15H12ClF2NO2. The van der Waals surface area contributed by atoms with Gasteiger partial charge in [-0.25, -0.2) is 13.6 Å². The van der Waals surface area contributed by atoms with Crippen molar-refractivity contribution in [2.75, 3.05) is 12.4 Å². The number of ether oxygens (including phenoxy) is 1. The van der Waals surface area contributed by atoms with E-state index in [2.05, 4.69) is 10.1 Å². The summed E-state index contributed by atoms with van der Waals surface area (Å²) in [5.41, 5.74) is 0.0462. The highest BCUT2D eigenvalue weighted by Crippen LogP contribution is 2.28. The quantitative estimate of drug-likeness (QED) is 0.869. The van der Waals surface area contributed by atoms with Crippen molar-refractivity contribution in [3.8, 4) is 0 Å². The Balaban J connectivity index is 2.42. The van der Waals surface area contributed by atoms with E-state index in [0.29, 0.717) is 0 Å². The van der Waals surface area contributed by atoms with Crippen LogP contribution in [0.25, 0.3) is 0 Å². The normalized spacial score (nSPS) is 11.8. The number of carbonyl (C=O) groups excluding carboxylic acids is 1. The Bertz CT molecular complexity index is 664. The van der Waals surface area contributed by atoms with Crippen molar-refractivity contribution in [2.24, 2.45) is 0 Å². The van der Waals surface area contributed by atoms with Gasteiger partial charge in [-0.1, -0.05) is 35.9 Å². The maximum absolute atomic E-state index is 14.1. The zero-order valence-corrected chi connectivity index (χ0v) is 11.8. The van der Waals surface area contributed by atoms with Gasteiger partial charge in [-0.3, -0.25) is 0 Å². The van der Waals surface area contributed by atoms with E-state index in [1.807, 2.05) is 0 Å². The minimum absolute atomic E-state index is 0.0161. The van der Waals surface area contributed by atoms with Crippen LogP contribution in [0, 0.1) is 11.6 Å². The van der Waals surface area contributed by atoms with Crippen LogP contribution < -0.4 is 5.32 Å². The molecule has 1 atom stereocenters. The van der Waals surface area contributed by atoms with Crippen molar-refractivity contribution in [2.45, 2.75) is 6.04 Å². The van der Waals surface area contributed by atoms with E-state index in [0.717, 1.165) is 0 Å². The maximum atomic E-state index is 14.1. The average molecular weight is 312 g/mol. The Morgan fingerprint density at radius 1 is 1.19 bits per heavy atom. The number of rotatable bonds is 4. The first-order valence-corrected chi connectivity index (χ1v) is 6.45. The molecule has 0 saturated carbocycles. The number of carbonyl (C=O) groups is 1. The number of benzene rings is 2. The monoisotopic (exact) mass is 311 g/mol. The molecule has 0 radical (unpaired) electrons. The molecule has 1 unspecified atom stereocenters. The third-order valence-corrected chi connectivity index (χ3v) is 3.19. The van der Waals surface area contributed by atoms with Gasteiger partial charge in [0.05, 0.1) is 17.8 Å². The summed E-state index contributed by atoms with van der Waals surface area (Å²) in [5.74, 6) is -2.06. The van der Waals surface area contributed by atoms with Crippen LogP contribution in [0.1, 0.15) is 11.6 Å². The van der Waals surface area contributed by atoms with Gasteiger partial charge in [0.2, 0.25) is 0 Å². The van der Waals surface area contributed by atoms with Crippen molar-refractivity contribution in [3.63, 3.8) is 0 Å². The Labute approximate surface area is 125 Å². The van der Waals surface area contributed by atoms with Gasteiger partial charge in [0, 0.05) is 5.56 Å². The molecule has 1 N–H and O–H groups in total. The maximum Gasteiger partial charge on any atom is 0.333 e. The fourth-order valence-electron chi connectivity index (χ4n) is 1.86. The van der Waals surface area contributed by atoms with Crippen LogP contribution in [0.3, 0.4) is 0 Å². The predicted octanol–water partition coefficient (Wildman–Crippen LogP) is 3.94. The number of nitrogens with one attached hydrogen (secondary N) is 1. The SMILES string of the molecule is COC(=O)C(Nc1ccccc1F)c1cccc(Cl)c1F. The molecule has 21 heavy (non-hydrogen) atoms. The van der Waals surface area contributed by atoms with Gasteiger partial charge in [0.1, 0.15) is 11.6 Å². The summed E-state index contributed by atoms with van der Waals surface area (Å²) >= 11 is 5.71. The zero-order chi connectivity index (χ0) is 15.4. The Morgan fingerprint density at radius 3 is 2.57 bits per heavy atom. The van der Waals surface area contributed by atoms with E-state index in [4.69, 9.17) is 11.6 Å². The Kier molecular flexibility index (Phi) is 4.75. The van der Waals surface area contributed by atoms with Crippen LogP contribution in [-0.2, 0) is 9.53 Å². The number of halogens is 3. The van der Waals surface area contributed by atoms with Crippen molar-refractivity contribution in [1.29, 1.82) is 0 Å². The summed E-state index contributed by atoms with van der Waals surface area (Å²) in [6.07, 6.45) is 0. The van der Waals surface area contributed by atoms with Gasteiger partial charge >= 0.3 is 5.97 Å². The number of hydrogen-bond donors (Lipinski definition) is 1. The summed E-state index contributed by atoms with van der Waals surface area (Å²) in [4.78, 5) is 11.9. The molecule has 2 aromatic rings. The first-order valence-electron chi connectivity index (χ1n) is 6.07. The summed E-state index contributed by atoms with van der Waals surface area (Å²) in [6.45, 7) is 0. The predicted molar refractivity (Wildman–Crippen MR) is 76.2 cm³/mol. The Hall–Kier alpha value is -2.14. The van der Waals surface area contributed by atoms with Gasteiger partial charge < -0.3 is 10.1 Å². The van der Waals surface area contributed by atoms with Gasteiger partial charge in [0.15, 0.2) is 6.04 Å². The van der Waals surface area contributed by atoms with E-state index in [1.165, 1.54) is 43.5 Å². The average Bonchev–Trinajstić information content (AvgIpc) is 2.49. The third-order valence-electron chi connectivity index (χ3n) is 2.90. The lowest BCUT2D eigenvalue weighted by molar-refractivity contribution is -0.141. The molecule has 0 aliphatic carbocycles. The lowest BCUT2D eigenvalue weighted by Crippen LogP contribution is -2.24. The van der Waals surface area contributed by atoms with E-state index >= 15 is 0 Å². The largest absolute Gasteiger partial charge is 0.467 e. The number of anilines is 1. The van der Waals surface area contributed by atoms with Gasteiger partial charge in [-0.2, -0.15) is 0 Å². The van der Waals surface area contributed by atoms with Crippen molar-refractivity contribution < 1.29 is 18.3 Å². The molecule has 0 bridgehead atoms. The molecule has 0 aliphatic rings. The molecule has 6 heteroatoms. The number of hydrogen-bond acceptors (Lipinski definition) is 3. The van der Waals surface area contributed by atoms with E-state index < -0.39 is 23.6 Å². The summed E-state index contributed by atoms with van der Waals surface area (Å²) in [6, 6.07) is 8.81. The van der Waals surface area contributed by atoms with Crippen molar-refractivity contribution in [1.82, 2.24) is 0 Å². The van der Waals surface area contributed by atoms with E-state index in [9.17, 15) is 13.6 Å². The highest BCUT2D eigenvalue weighted by Gasteiger charge is 2.26. The molecular weight excluding hydrogens is 300 g/mol. The van der Waals surface area contributed by atoms with Crippen LogP contribution in [0.2, 0.25) is 5.02 Å². The smallest absolute Gasteiger partial charge is 0.333 e. The first-order chi connectivity index (χ1) is 10.0. The minimum atomic E-state index is -1.20. The zero-order valence-electron chi connectivity index (χ0n) is 11.1. The molecule has 110 valence electrons. The summed E-state index contributed by atoms with van der Waals surface area (Å²) in [5, 5.41) is 2.51. The summed E-state index contributed by atoms with van der Waals surface area (Å²) < 4.78 is 32.4. The molecule has 0 saturated heterocycles. The molecule has 3 nitrogen and oxygen atoms in total. The van der Waals surface area contributed by atoms with Gasteiger partial charge in [-0.05, 0) is 18.2 Å². The molecule has 0 amide bonds. The second kappa shape index (κ2) is 6.54. The molecule has 2 rings (SSSR count).